The largest absolute Gasteiger partial charge is 0.385 e. The van der Waals surface area contributed by atoms with Crippen molar-refractivity contribution in [3.05, 3.63) is 59.2 Å². The van der Waals surface area contributed by atoms with E-state index in [2.05, 4.69) is 29.6 Å². The van der Waals surface area contributed by atoms with Crippen molar-refractivity contribution in [1.82, 2.24) is 0 Å². The summed E-state index contributed by atoms with van der Waals surface area (Å²) in [6, 6.07) is 13.3. The van der Waals surface area contributed by atoms with Crippen LogP contribution >= 0.6 is 0 Å². The fourth-order valence-corrected chi connectivity index (χ4v) is 2.45. The standard InChI is InChI=1S/C21H25N3O3/c1-14(2)17-6-8-18(9-7-17)23-21(26)13-27-22-12-20(25)24-19-10-5-15(3)11-16(19)4/h5-12,14H,13H2,1-4H3,(H,23,26)(H,24,25)/b22-12-. The number of amides is 2. The van der Waals surface area contributed by atoms with Crippen molar-refractivity contribution < 1.29 is 14.4 Å². The number of aryl methyl sites for hydroxylation is 2. The van der Waals surface area contributed by atoms with Crippen molar-refractivity contribution in [2.45, 2.75) is 33.6 Å². The molecule has 0 aliphatic rings. The lowest BCUT2D eigenvalue weighted by Gasteiger charge is -2.08. The van der Waals surface area contributed by atoms with Gasteiger partial charge in [-0.3, -0.25) is 9.59 Å². The molecule has 0 aromatic heterocycles. The summed E-state index contributed by atoms with van der Waals surface area (Å²) in [6.45, 7) is 7.83. The lowest BCUT2D eigenvalue weighted by molar-refractivity contribution is -0.120. The van der Waals surface area contributed by atoms with Gasteiger partial charge in [0, 0.05) is 11.4 Å². The molecule has 0 saturated carbocycles. The number of carbonyl (C=O) groups excluding carboxylic acids is 2. The van der Waals surface area contributed by atoms with Gasteiger partial charge in [-0.05, 0) is 49.1 Å². The molecule has 0 heterocycles. The smallest absolute Gasteiger partial charge is 0.270 e. The van der Waals surface area contributed by atoms with E-state index in [9.17, 15) is 9.59 Å². The monoisotopic (exact) mass is 367 g/mol. The van der Waals surface area contributed by atoms with Crippen LogP contribution in [0.4, 0.5) is 11.4 Å². The van der Waals surface area contributed by atoms with Gasteiger partial charge in [0.15, 0.2) is 6.61 Å². The van der Waals surface area contributed by atoms with Gasteiger partial charge in [-0.1, -0.05) is 48.8 Å². The maximum Gasteiger partial charge on any atom is 0.270 e. The van der Waals surface area contributed by atoms with Gasteiger partial charge in [0.05, 0.1) is 0 Å². The number of hydrogen-bond acceptors (Lipinski definition) is 4. The zero-order valence-electron chi connectivity index (χ0n) is 16.1. The Bertz CT molecular complexity index is 827. The Morgan fingerprint density at radius 1 is 1.07 bits per heavy atom. The van der Waals surface area contributed by atoms with Crippen LogP contribution in [-0.2, 0) is 14.4 Å². The third-order valence-electron chi connectivity index (χ3n) is 3.94. The molecule has 2 amide bonds. The normalized spacial score (nSPS) is 10.9. The Balaban J connectivity index is 1.75. The van der Waals surface area contributed by atoms with E-state index in [1.165, 1.54) is 5.56 Å². The SMILES string of the molecule is Cc1ccc(NC(=O)/C=N\OCC(=O)Nc2ccc(C(C)C)cc2)c(C)c1. The van der Waals surface area contributed by atoms with E-state index in [-0.39, 0.29) is 12.5 Å². The molecule has 0 spiro atoms. The van der Waals surface area contributed by atoms with Crippen LogP contribution in [0.2, 0.25) is 0 Å². The lowest BCUT2D eigenvalue weighted by Crippen LogP contribution is -2.18. The van der Waals surface area contributed by atoms with Crippen LogP contribution in [0.3, 0.4) is 0 Å². The average molecular weight is 367 g/mol. The molecule has 142 valence electrons. The Morgan fingerprint density at radius 2 is 1.78 bits per heavy atom. The predicted molar refractivity (Wildman–Crippen MR) is 108 cm³/mol. The number of carbonyl (C=O) groups is 2. The number of nitrogens with one attached hydrogen (secondary N) is 2. The summed E-state index contributed by atoms with van der Waals surface area (Å²) >= 11 is 0. The maximum absolute atomic E-state index is 11.8. The van der Waals surface area contributed by atoms with Crippen LogP contribution in [0.15, 0.2) is 47.6 Å². The minimum absolute atomic E-state index is 0.279. The van der Waals surface area contributed by atoms with Crippen molar-refractivity contribution in [3.63, 3.8) is 0 Å². The molecule has 0 radical (unpaired) electrons. The second-order valence-corrected chi connectivity index (χ2v) is 6.64. The molecule has 2 rings (SSSR count). The van der Waals surface area contributed by atoms with Crippen LogP contribution in [-0.4, -0.2) is 24.6 Å². The third-order valence-corrected chi connectivity index (χ3v) is 3.94. The number of hydrogen-bond donors (Lipinski definition) is 2. The van der Waals surface area contributed by atoms with Crippen molar-refractivity contribution in [1.29, 1.82) is 0 Å². The Hall–Kier alpha value is -3.15. The van der Waals surface area contributed by atoms with E-state index in [1.54, 1.807) is 0 Å². The van der Waals surface area contributed by atoms with E-state index in [1.807, 2.05) is 56.3 Å². The molecule has 0 aliphatic heterocycles. The zero-order valence-corrected chi connectivity index (χ0v) is 16.1. The molecular formula is C21H25N3O3. The molecule has 27 heavy (non-hydrogen) atoms. The number of anilines is 2. The summed E-state index contributed by atoms with van der Waals surface area (Å²) < 4.78 is 0. The lowest BCUT2D eigenvalue weighted by atomic mass is 10.0. The van der Waals surface area contributed by atoms with Gasteiger partial charge < -0.3 is 15.5 Å². The second kappa shape index (κ2) is 9.52. The fourth-order valence-electron chi connectivity index (χ4n) is 2.45. The van der Waals surface area contributed by atoms with Crippen LogP contribution in [0, 0.1) is 13.8 Å². The molecule has 0 unspecified atom stereocenters. The van der Waals surface area contributed by atoms with Gasteiger partial charge >= 0.3 is 0 Å². The van der Waals surface area contributed by atoms with E-state index in [0.29, 0.717) is 17.3 Å². The van der Waals surface area contributed by atoms with Crippen molar-refractivity contribution in [2.24, 2.45) is 5.16 Å². The van der Waals surface area contributed by atoms with Crippen molar-refractivity contribution >= 4 is 29.4 Å². The molecule has 0 bridgehead atoms. The van der Waals surface area contributed by atoms with Crippen LogP contribution in [0.25, 0.3) is 0 Å². The molecule has 0 saturated heterocycles. The summed E-state index contributed by atoms with van der Waals surface area (Å²) in [5.41, 5.74) is 4.67. The maximum atomic E-state index is 11.8. The highest BCUT2D eigenvalue weighted by Crippen LogP contribution is 2.17. The Kier molecular flexibility index (Phi) is 7.11. The van der Waals surface area contributed by atoms with Crippen LogP contribution in [0.1, 0.15) is 36.5 Å². The predicted octanol–water partition coefficient (Wildman–Crippen LogP) is 4.01. The minimum Gasteiger partial charge on any atom is -0.385 e. The minimum atomic E-state index is -0.424. The Morgan fingerprint density at radius 3 is 2.41 bits per heavy atom. The number of benzene rings is 2. The summed E-state index contributed by atoms with van der Waals surface area (Å²) in [4.78, 5) is 28.5. The number of rotatable bonds is 7. The topological polar surface area (TPSA) is 79.8 Å². The first-order chi connectivity index (χ1) is 12.8. The van der Waals surface area contributed by atoms with Crippen molar-refractivity contribution in [3.8, 4) is 0 Å². The van der Waals surface area contributed by atoms with Crippen LogP contribution in [0.5, 0.6) is 0 Å². The second-order valence-electron chi connectivity index (χ2n) is 6.64. The molecule has 6 heteroatoms. The highest BCUT2D eigenvalue weighted by Gasteiger charge is 2.05. The van der Waals surface area contributed by atoms with Gasteiger partial charge in [-0.15, -0.1) is 0 Å². The molecule has 2 aromatic rings. The number of oxime groups is 1. The molecular weight excluding hydrogens is 342 g/mol. The third kappa shape index (κ3) is 6.58. The first-order valence-corrected chi connectivity index (χ1v) is 8.78. The molecule has 0 atom stereocenters. The van der Waals surface area contributed by atoms with Gasteiger partial charge in [-0.25, -0.2) is 0 Å². The first kappa shape index (κ1) is 20.2. The molecule has 2 N–H and O–H groups in total. The van der Waals surface area contributed by atoms with Gasteiger partial charge in [0.25, 0.3) is 11.8 Å². The Labute approximate surface area is 159 Å². The molecule has 0 aliphatic carbocycles. The van der Waals surface area contributed by atoms with Gasteiger partial charge in [0.2, 0.25) is 0 Å². The van der Waals surface area contributed by atoms with Gasteiger partial charge in [0.1, 0.15) is 6.21 Å². The average Bonchev–Trinajstić information content (AvgIpc) is 2.61. The first-order valence-electron chi connectivity index (χ1n) is 8.78. The summed E-state index contributed by atoms with van der Waals surface area (Å²) in [5, 5.41) is 8.96. The van der Waals surface area contributed by atoms with E-state index in [4.69, 9.17) is 4.84 Å². The summed E-state index contributed by atoms with van der Waals surface area (Å²) in [6.07, 6.45) is 1.00. The highest BCUT2D eigenvalue weighted by molar-refractivity contribution is 6.31. The highest BCUT2D eigenvalue weighted by atomic mass is 16.6. The molecule has 2 aromatic carbocycles. The van der Waals surface area contributed by atoms with Crippen molar-refractivity contribution in [2.75, 3.05) is 17.2 Å². The quantitative estimate of drug-likeness (QED) is 0.573. The fraction of sp³-hybridized carbons (Fsp3) is 0.286. The van der Waals surface area contributed by atoms with E-state index >= 15 is 0 Å². The molecule has 6 nitrogen and oxygen atoms in total. The van der Waals surface area contributed by atoms with E-state index < -0.39 is 5.91 Å². The summed E-state index contributed by atoms with van der Waals surface area (Å²) in [5.74, 6) is -0.340. The molecule has 0 fully saturated rings. The van der Waals surface area contributed by atoms with E-state index in [0.717, 1.165) is 17.3 Å². The zero-order chi connectivity index (χ0) is 19.8. The summed E-state index contributed by atoms with van der Waals surface area (Å²) in [7, 11) is 0. The van der Waals surface area contributed by atoms with Crippen LogP contribution < -0.4 is 10.6 Å². The number of nitrogens with zero attached hydrogens (tertiary/aromatic N) is 1. The van der Waals surface area contributed by atoms with Gasteiger partial charge in [-0.2, -0.15) is 0 Å².